The van der Waals surface area contributed by atoms with Gasteiger partial charge in [-0.05, 0) is 70.7 Å². The summed E-state index contributed by atoms with van der Waals surface area (Å²) in [4.78, 5) is 31.0. The molecular weight excluding hydrogens is 603 g/mol. The predicted octanol–water partition coefficient (Wildman–Crippen LogP) is 8.94. The van der Waals surface area contributed by atoms with E-state index < -0.39 is 17.9 Å². The van der Waals surface area contributed by atoms with E-state index in [1.54, 1.807) is 12.1 Å². The highest BCUT2D eigenvalue weighted by Gasteiger charge is 2.26. The first-order chi connectivity index (χ1) is 20.5. The number of aromatic nitrogens is 1. The number of hydrogen-bond donors (Lipinski definition) is 1. The van der Waals surface area contributed by atoms with Gasteiger partial charge in [0.25, 0.3) is 5.91 Å². The summed E-state index contributed by atoms with van der Waals surface area (Å²) in [5, 5.41) is 4.65. The van der Waals surface area contributed by atoms with Gasteiger partial charge in [-0.1, -0.05) is 87.9 Å². The molecule has 1 saturated carbocycles. The first kappa shape index (κ1) is 31.3. The van der Waals surface area contributed by atoms with E-state index in [1.807, 2.05) is 30.3 Å². The van der Waals surface area contributed by atoms with Crippen LogP contribution in [0.15, 0.2) is 54.6 Å². The van der Waals surface area contributed by atoms with Gasteiger partial charge in [-0.3, -0.25) is 4.79 Å². The number of nitrogens with one attached hydrogen (secondary N) is 1. The minimum absolute atomic E-state index is 0.0633. The number of esters is 1. The van der Waals surface area contributed by atoms with Crippen molar-refractivity contribution < 1.29 is 19.1 Å². The van der Waals surface area contributed by atoms with Gasteiger partial charge >= 0.3 is 5.97 Å². The Morgan fingerprint density at radius 1 is 1.02 bits per heavy atom. The molecule has 4 aromatic rings. The summed E-state index contributed by atoms with van der Waals surface area (Å²) in [5.41, 5.74) is 3.07. The number of ether oxygens (including phenoxy) is 2. The lowest BCUT2D eigenvalue weighted by Crippen LogP contribution is -2.43. The van der Waals surface area contributed by atoms with E-state index in [0.717, 1.165) is 41.5 Å². The second-order valence-electron chi connectivity index (χ2n) is 12.2. The maximum atomic E-state index is 13.5. The van der Waals surface area contributed by atoms with Crippen LogP contribution in [-0.4, -0.2) is 30.0 Å². The number of halogens is 2. The number of carbonyl (C=O) groups is 2. The van der Waals surface area contributed by atoms with Crippen molar-refractivity contribution in [3.63, 3.8) is 0 Å². The molecule has 43 heavy (non-hydrogen) atoms. The lowest BCUT2D eigenvalue weighted by atomic mass is 9.87. The summed E-state index contributed by atoms with van der Waals surface area (Å²) in [6.07, 6.45) is 5.62. The number of methoxy groups -OCH3 is 1. The van der Waals surface area contributed by atoms with Crippen molar-refractivity contribution in [1.82, 2.24) is 10.3 Å². The fourth-order valence-electron chi connectivity index (χ4n) is 5.58. The SMILES string of the molecule is COC(=O)[C@H](Cc1cc(Cl)sc1Cl)NC(=O)c1cc2ccc(Oc3ccc(C(C)(C)C)cc3)cc2c(CC2CCCC2)n1. The minimum Gasteiger partial charge on any atom is -0.467 e. The van der Waals surface area contributed by atoms with Crippen LogP contribution >= 0.6 is 34.5 Å². The first-order valence-corrected chi connectivity index (χ1v) is 16.1. The summed E-state index contributed by atoms with van der Waals surface area (Å²) < 4.78 is 12.2. The van der Waals surface area contributed by atoms with Crippen LogP contribution < -0.4 is 10.1 Å². The van der Waals surface area contributed by atoms with Gasteiger partial charge < -0.3 is 14.8 Å². The van der Waals surface area contributed by atoms with E-state index in [2.05, 4.69) is 38.2 Å². The standard InChI is InChI=1S/C34H36Cl2N2O4S/c1-34(2,3)23-10-13-24(14-11-23)42-25-12-9-21-16-28(37-27(26(21)19-25)15-20-7-5-6-8-20)32(39)38-29(33(40)41-4)17-22-18-30(35)43-31(22)36/h9-14,16,18-20,29H,5-8,15,17H2,1-4H3,(H,38,39)/t29-/m0/s1. The van der Waals surface area contributed by atoms with Crippen LogP contribution in [-0.2, 0) is 27.8 Å². The van der Waals surface area contributed by atoms with Crippen LogP contribution in [0.25, 0.3) is 10.8 Å². The van der Waals surface area contributed by atoms with Crippen molar-refractivity contribution in [3.8, 4) is 11.5 Å². The average molecular weight is 640 g/mol. The second-order valence-corrected chi connectivity index (χ2v) is 14.5. The topological polar surface area (TPSA) is 77.5 Å². The molecule has 0 saturated heterocycles. The molecule has 1 aliphatic carbocycles. The molecule has 1 amide bonds. The average Bonchev–Trinajstić information content (AvgIpc) is 3.60. The number of carbonyl (C=O) groups excluding carboxylic acids is 2. The molecule has 0 bridgehead atoms. The molecular formula is C34H36Cl2N2O4S. The normalized spacial score (nSPS) is 14.6. The Kier molecular flexibility index (Phi) is 9.64. The highest BCUT2D eigenvalue weighted by Crippen LogP contribution is 2.34. The number of hydrogen-bond acceptors (Lipinski definition) is 6. The highest BCUT2D eigenvalue weighted by molar-refractivity contribution is 7.20. The Bertz CT molecular complexity index is 1620. The minimum atomic E-state index is -0.947. The smallest absolute Gasteiger partial charge is 0.328 e. The number of pyridine rings is 1. The Labute approximate surface area is 266 Å². The predicted molar refractivity (Wildman–Crippen MR) is 174 cm³/mol. The van der Waals surface area contributed by atoms with Crippen molar-refractivity contribution in [2.75, 3.05) is 7.11 Å². The van der Waals surface area contributed by atoms with Crippen molar-refractivity contribution in [3.05, 3.63) is 85.8 Å². The number of nitrogens with zero attached hydrogens (tertiary/aromatic N) is 1. The molecule has 1 aliphatic rings. The van der Waals surface area contributed by atoms with E-state index in [0.29, 0.717) is 25.9 Å². The Morgan fingerprint density at radius 3 is 2.35 bits per heavy atom. The number of fused-ring (bicyclic) bond motifs is 1. The molecule has 1 fully saturated rings. The van der Waals surface area contributed by atoms with Gasteiger partial charge in [0.1, 0.15) is 23.2 Å². The van der Waals surface area contributed by atoms with Gasteiger partial charge in [0.2, 0.25) is 0 Å². The van der Waals surface area contributed by atoms with E-state index in [-0.39, 0.29) is 17.5 Å². The van der Waals surface area contributed by atoms with Gasteiger partial charge in [0.05, 0.1) is 15.8 Å². The number of benzene rings is 2. The second kappa shape index (κ2) is 13.2. The summed E-state index contributed by atoms with van der Waals surface area (Å²) in [7, 11) is 1.29. The Balaban J connectivity index is 1.43. The quantitative estimate of drug-likeness (QED) is 0.185. The molecule has 1 N–H and O–H groups in total. The molecule has 2 heterocycles. The lowest BCUT2D eigenvalue weighted by Gasteiger charge is -2.19. The summed E-state index contributed by atoms with van der Waals surface area (Å²) >= 11 is 13.6. The molecule has 2 aromatic carbocycles. The summed E-state index contributed by atoms with van der Waals surface area (Å²) in [6.45, 7) is 6.56. The van der Waals surface area contributed by atoms with Crippen LogP contribution in [0.5, 0.6) is 11.5 Å². The van der Waals surface area contributed by atoms with Crippen LogP contribution in [0.4, 0.5) is 0 Å². The number of thiophene rings is 1. The van der Waals surface area contributed by atoms with Crippen LogP contribution in [0.1, 0.15) is 73.8 Å². The third-order valence-corrected chi connectivity index (χ3v) is 9.54. The maximum Gasteiger partial charge on any atom is 0.328 e. The number of rotatable bonds is 9. The van der Waals surface area contributed by atoms with Gasteiger partial charge in [-0.15, -0.1) is 11.3 Å². The van der Waals surface area contributed by atoms with Crippen molar-refractivity contribution in [2.45, 2.75) is 70.8 Å². The molecule has 0 radical (unpaired) electrons. The first-order valence-electron chi connectivity index (χ1n) is 14.5. The molecule has 9 heteroatoms. The zero-order chi connectivity index (χ0) is 30.7. The highest BCUT2D eigenvalue weighted by atomic mass is 35.5. The largest absolute Gasteiger partial charge is 0.467 e. The molecule has 5 rings (SSSR count). The molecule has 1 atom stereocenters. The molecule has 6 nitrogen and oxygen atoms in total. The van der Waals surface area contributed by atoms with E-state index in [9.17, 15) is 9.59 Å². The third-order valence-electron chi connectivity index (χ3n) is 7.97. The van der Waals surface area contributed by atoms with Crippen LogP contribution in [0, 0.1) is 5.92 Å². The summed E-state index contributed by atoms with van der Waals surface area (Å²) in [6, 6.07) is 16.5. The lowest BCUT2D eigenvalue weighted by molar-refractivity contribution is -0.142. The molecule has 2 aromatic heterocycles. The number of amides is 1. The van der Waals surface area contributed by atoms with Crippen LogP contribution in [0.3, 0.4) is 0 Å². The van der Waals surface area contributed by atoms with Crippen molar-refractivity contribution >= 4 is 57.2 Å². The molecule has 0 spiro atoms. The fraction of sp³-hybridized carbons (Fsp3) is 0.382. The molecule has 0 unspecified atom stereocenters. The van der Waals surface area contributed by atoms with Crippen molar-refractivity contribution in [2.24, 2.45) is 5.92 Å². The van der Waals surface area contributed by atoms with Crippen LogP contribution in [0.2, 0.25) is 8.67 Å². The van der Waals surface area contributed by atoms with Gasteiger partial charge in [-0.2, -0.15) is 0 Å². The van der Waals surface area contributed by atoms with Gasteiger partial charge in [-0.25, -0.2) is 9.78 Å². The molecule has 226 valence electrons. The zero-order valence-electron chi connectivity index (χ0n) is 24.8. The fourth-order valence-corrected chi connectivity index (χ4v) is 7.09. The molecule has 0 aliphatic heterocycles. The maximum absolute atomic E-state index is 13.5. The van der Waals surface area contributed by atoms with E-state index in [4.69, 9.17) is 37.7 Å². The van der Waals surface area contributed by atoms with Crippen molar-refractivity contribution in [1.29, 1.82) is 0 Å². The summed E-state index contributed by atoms with van der Waals surface area (Å²) in [5.74, 6) is 0.948. The monoisotopic (exact) mass is 638 g/mol. The van der Waals surface area contributed by atoms with Gasteiger partial charge in [0.15, 0.2) is 0 Å². The van der Waals surface area contributed by atoms with Gasteiger partial charge in [0, 0.05) is 17.5 Å². The van der Waals surface area contributed by atoms with E-state index >= 15 is 0 Å². The third kappa shape index (κ3) is 7.69. The zero-order valence-corrected chi connectivity index (χ0v) is 27.2. The Hall–Kier alpha value is -3.13. The Morgan fingerprint density at radius 2 is 1.72 bits per heavy atom. The van der Waals surface area contributed by atoms with E-state index in [1.165, 1.54) is 36.9 Å².